The van der Waals surface area contributed by atoms with Crippen LogP contribution < -0.4 is 15.5 Å². The standard InChI is InChI=1S/C21H25N3O3.ClH/c1-13-10-19(23-21(26)27)18-11-17(8-9-20(18)24(13)14(2)25)16-6-4-15(5-7-16)12-22-3;/h4-9,11,13,19,22-23H,10,12H2,1-3H3,(H,26,27);1H/t13-,19+;/m0./s1. The molecule has 2 aromatic carbocycles. The maximum absolute atomic E-state index is 12.1. The van der Waals surface area contributed by atoms with Crippen molar-refractivity contribution in [2.75, 3.05) is 11.9 Å². The van der Waals surface area contributed by atoms with E-state index in [9.17, 15) is 14.7 Å². The van der Waals surface area contributed by atoms with Crippen LogP contribution in [0.15, 0.2) is 42.5 Å². The molecule has 0 fully saturated rings. The maximum atomic E-state index is 12.1. The van der Waals surface area contributed by atoms with Crippen molar-refractivity contribution in [2.24, 2.45) is 0 Å². The van der Waals surface area contributed by atoms with E-state index in [4.69, 9.17) is 0 Å². The number of carboxylic acid groups (broad SMARTS) is 1. The molecule has 1 aliphatic rings. The number of carbonyl (C=O) groups is 2. The molecular formula is C21H26ClN3O3. The molecular weight excluding hydrogens is 378 g/mol. The first-order chi connectivity index (χ1) is 12.9. The smallest absolute Gasteiger partial charge is 0.405 e. The summed E-state index contributed by atoms with van der Waals surface area (Å²) in [4.78, 5) is 25.1. The lowest BCUT2D eigenvalue weighted by atomic mass is 9.89. The quantitative estimate of drug-likeness (QED) is 0.722. The predicted molar refractivity (Wildman–Crippen MR) is 113 cm³/mol. The highest BCUT2D eigenvalue weighted by molar-refractivity contribution is 5.94. The van der Waals surface area contributed by atoms with E-state index in [-0.39, 0.29) is 30.4 Å². The Morgan fingerprint density at radius 3 is 2.36 bits per heavy atom. The highest BCUT2D eigenvalue weighted by Crippen LogP contribution is 2.39. The van der Waals surface area contributed by atoms with E-state index in [1.807, 2.05) is 32.2 Å². The minimum absolute atomic E-state index is 0. The molecule has 0 saturated carbocycles. The Morgan fingerprint density at radius 1 is 1.14 bits per heavy atom. The molecule has 150 valence electrons. The van der Waals surface area contributed by atoms with Gasteiger partial charge in [-0.15, -0.1) is 12.4 Å². The molecule has 7 heteroatoms. The van der Waals surface area contributed by atoms with E-state index in [0.717, 1.165) is 28.9 Å². The fourth-order valence-corrected chi connectivity index (χ4v) is 3.83. The number of nitrogens with zero attached hydrogens (tertiary/aromatic N) is 1. The normalized spacial score (nSPS) is 18.0. The third-order valence-corrected chi connectivity index (χ3v) is 4.99. The van der Waals surface area contributed by atoms with Crippen LogP contribution in [0.5, 0.6) is 0 Å². The molecule has 2 amide bonds. The zero-order chi connectivity index (χ0) is 19.6. The number of hydrogen-bond donors (Lipinski definition) is 3. The van der Waals surface area contributed by atoms with Crippen LogP contribution >= 0.6 is 12.4 Å². The van der Waals surface area contributed by atoms with E-state index in [0.29, 0.717) is 6.42 Å². The second kappa shape index (κ2) is 9.08. The molecule has 28 heavy (non-hydrogen) atoms. The van der Waals surface area contributed by atoms with Crippen LogP contribution in [0.1, 0.15) is 37.4 Å². The minimum Gasteiger partial charge on any atom is -0.465 e. The summed E-state index contributed by atoms with van der Waals surface area (Å²) in [5.41, 5.74) is 4.86. The monoisotopic (exact) mass is 403 g/mol. The Morgan fingerprint density at radius 2 is 1.79 bits per heavy atom. The van der Waals surface area contributed by atoms with Gasteiger partial charge in [-0.05, 0) is 54.8 Å². The van der Waals surface area contributed by atoms with E-state index in [1.54, 1.807) is 11.8 Å². The van der Waals surface area contributed by atoms with Gasteiger partial charge < -0.3 is 20.6 Å². The first kappa shape index (κ1) is 21.7. The van der Waals surface area contributed by atoms with Gasteiger partial charge in [0.2, 0.25) is 5.91 Å². The largest absolute Gasteiger partial charge is 0.465 e. The van der Waals surface area contributed by atoms with E-state index < -0.39 is 6.09 Å². The molecule has 1 heterocycles. The van der Waals surface area contributed by atoms with Crippen LogP contribution in [0.3, 0.4) is 0 Å². The second-order valence-corrected chi connectivity index (χ2v) is 6.98. The zero-order valence-corrected chi connectivity index (χ0v) is 17.0. The summed E-state index contributed by atoms with van der Waals surface area (Å²) in [6.07, 6.45) is -0.514. The van der Waals surface area contributed by atoms with Gasteiger partial charge in [0.05, 0.1) is 6.04 Å². The summed E-state index contributed by atoms with van der Waals surface area (Å²) in [7, 11) is 1.91. The van der Waals surface area contributed by atoms with Gasteiger partial charge in [-0.1, -0.05) is 30.3 Å². The lowest BCUT2D eigenvalue weighted by molar-refractivity contribution is -0.117. The number of fused-ring (bicyclic) bond motifs is 1. The molecule has 3 N–H and O–H groups in total. The number of amides is 2. The van der Waals surface area contributed by atoms with Gasteiger partial charge in [-0.25, -0.2) is 4.79 Å². The Labute approximate surface area is 171 Å². The summed E-state index contributed by atoms with van der Waals surface area (Å²) >= 11 is 0. The number of nitrogens with one attached hydrogen (secondary N) is 2. The van der Waals surface area contributed by atoms with Crippen molar-refractivity contribution < 1.29 is 14.7 Å². The van der Waals surface area contributed by atoms with Crippen LogP contribution in [-0.4, -0.2) is 30.2 Å². The molecule has 0 bridgehead atoms. The van der Waals surface area contributed by atoms with Crippen molar-refractivity contribution in [1.29, 1.82) is 0 Å². The van der Waals surface area contributed by atoms with Gasteiger partial charge in [-0.3, -0.25) is 4.79 Å². The average Bonchev–Trinajstić information content (AvgIpc) is 2.61. The number of benzene rings is 2. The van der Waals surface area contributed by atoms with E-state index in [1.165, 1.54) is 5.56 Å². The van der Waals surface area contributed by atoms with Gasteiger partial charge in [0.15, 0.2) is 0 Å². The van der Waals surface area contributed by atoms with E-state index in [2.05, 4.69) is 34.9 Å². The molecule has 0 spiro atoms. The summed E-state index contributed by atoms with van der Waals surface area (Å²) in [5, 5.41) is 15.0. The number of hydrogen-bond acceptors (Lipinski definition) is 3. The van der Waals surface area contributed by atoms with Crippen LogP contribution in [0.2, 0.25) is 0 Å². The Kier molecular flexibility index (Phi) is 7.05. The Balaban J connectivity index is 0.00000280. The third-order valence-electron chi connectivity index (χ3n) is 4.99. The van der Waals surface area contributed by atoms with Crippen molar-refractivity contribution >= 4 is 30.1 Å². The van der Waals surface area contributed by atoms with Crippen molar-refractivity contribution in [3.05, 3.63) is 53.6 Å². The van der Waals surface area contributed by atoms with Gasteiger partial charge in [-0.2, -0.15) is 0 Å². The van der Waals surface area contributed by atoms with Crippen LogP contribution in [0, 0.1) is 0 Å². The molecule has 0 saturated heterocycles. The van der Waals surface area contributed by atoms with Crippen molar-refractivity contribution in [3.63, 3.8) is 0 Å². The number of rotatable bonds is 4. The third kappa shape index (κ3) is 4.46. The Hall–Kier alpha value is -2.57. The van der Waals surface area contributed by atoms with Gasteiger partial charge in [0.1, 0.15) is 0 Å². The van der Waals surface area contributed by atoms with Crippen molar-refractivity contribution in [3.8, 4) is 11.1 Å². The van der Waals surface area contributed by atoms with Crippen LogP contribution in [0.25, 0.3) is 11.1 Å². The van der Waals surface area contributed by atoms with Gasteiger partial charge in [0, 0.05) is 25.2 Å². The van der Waals surface area contributed by atoms with Gasteiger partial charge >= 0.3 is 6.09 Å². The molecule has 0 aromatic heterocycles. The average molecular weight is 404 g/mol. The molecule has 2 aromatic rings. The number of carbonyl (C=O) groups excluding carboxylic acids is 1. The summed E-state index contributed by atoms with van der Waals surface area (Å²) < 4.78 is 0. The van der Waals surface area contributed by atoms with Gasteiger partial charge in [0.25, 0.3) is 0 Å². The number of anilines is 1. The fourth-order valence-electron chi connectivity index (χ4n) is 3.83. The minimum atomic E-state index is -1.06. The van der Waals surface area contributed by atoms with Crippen LogP contribution in [0.4, 0.5) is 10.5 Å². The second-order valence-electron chi connectivity index (χ2n) is 6.98. The SMILES string of the molecule is CNCc1ccc(-c2ccc3c(c2)[C@H](NC(=O)O)C[C@H](C)N3C(C)=O)cc1.Cl. The van der Waals surface area contributed by atoms with Crippen molar-refractivity contribution in [2.45, 2.75) is 38.9 Å². The molecule has 6 nitrogen and oxygen atoms in total. The first-order valence-corrected chi connectivity index (χ1v) is 9.07. The Bertz CT molecular complexity index is 854. The van der Waals surface area contributed by atoms with Crippen LogP contribution in [-0.2, 0) is 11.3 Å². The molecule has 2 atom stereocenters. The summed E-state index contributed by atoms with van der Waals surface area (Å²) in [6.45, 7) is 4.29. The summed E-state index contributed by atoms with van der Waals surface area (Å²) in [6, 6.07) is 13.7. The molecule has 3 rings (SSSR count). The lowest BCUT2D eigenvalue weighted by Gasteiger charge is -2.39. The first-order valence-electron chi connectivity index (χ1n) is 9.07. The molecule has 0 unspecified atom stereocenters. The van der Waals surface area contributed by atoms with E-state index >= 15 is 0 Å². The highest BCUT2D eigenvalue weighted by Gasteiger charge is 2.33. The topological polar surface area (TPSA) is 81.7 Å². The van der Waals surface area contributed by atoms with Crippen molar-refractivity contribution in [1.82, 2.24) is 10.6 Å². The molecule has 0 radical (unpaired) electrons. The predicted octanol–water partition coefficient (Wildman–Crippen LogP) is 3.95. The lowest BCUT2D eigenvalue weighted by Crippen LogP contribution is -2.45. The summed E-state index contributed by atoms with van der Waals surface area (Å²) in [5.74, 6) is -0.0401. The molecule has 1 aliphatic heterocycles. The fraction of sp³-hybridized carbons (Fsp3) is 0.333. The zero-order valence-electron chi connectivity index (χ0n) is 16.2. The molecule has 0 aliphatic carbocycles. The number of halogens is 1. The highest BCUT2D eigenvalue weighted by atomic mass is 35.5. The maximum Gasteiger partial charge on any atom is 0.405 e.